The number of aromatic nitrogens is 1. The van der Waals surface area contributed by atoms with Crippen LogP contribution in [0.25, 0.3) is 22.0 Å². The van der Waals surface area contributed by atoms with E-state index in [1.54, 1.807) is 42.5 Å². The van der Waals surface area contributed by atoms with Gasteiger partial charge in [0, 0.05) is 22.2 Å². The highest BCUT2D eigenvalue weighted by Crippen LogP contribution is 2.34. The summed E-state index contributed by atoms with van der Waals surface area (Å²) in [7, 11) is 0. The molecule has 0 aliphatic rings. The molecular weight excluding hydrogens is 326 g/mol. The fourth-order valence-corrected chi connectivity index (χ4v) is 2.63. The van der Waals surface area contributed by atoms with E-state index in [9.17, 15) is 15.3 Å². The van der Waals surface area contributed by atoms with Crippen molar-refractivity contribution in [3.63, 3.8) is 0 Å². The third kappa shape index (κ3) is 3.75. The molecule has 1 heterocycles. The number of nitrogens with zero attached hydrogens (tertiary/aromatic N) is 1. The van der Waals surface area contributed by atoms with Crippen LogP contribution >= 0.6 is 0 Å². The summed E-state index contributed by atoms with van der Waals surface area (Å²) in [5.41, 5.74) is 2.89. The van der Waals surface area contributed by atoms with Crippen molar-refractivity contribution >= 4 is 10.9 Å². The van der Waals surface area contributed by atoms with Crippen LogP contribution in [0.2, 0.25) is 0 Å². The van der Waals surface area contributed by atoms with Gasteiger partial charge in [-0.2, -0.15) is 0 Å². The summed E-state index contributed by atoms with van der Waals surface area (Å²) >= 11 is 0. The van der Waals surface area contributed by atoms with Gasteiger partial charge in [-0.15, -0.1) is 0 Å². The van der Waals surface area contributed by atoms with E-state index in [4.69, 9.17) is 0 Å². The van der Waals surface area contributed by atoms with E-state index in [2.05, 4.69) is 4.98 Å². The first kappa shape index (κ1) is 17.3. The van der Waals surface area contributed by atoms with E-state index in [1.807, 2.05) is 43.3 Å². The molecule has 0 saturated carbocycles. The van der Waals surface area contributed by atoms with Crippen molar-refractivity contribution in [2.75, 3.05) is 0 Å². The van der Waals surface area contributed by atoms with Crippen LogP contribution in [-0.2, 0) is 0 Å². The van der Waals surface area contributed by atoms with Gasteiger partial charge in [-0.3, -0.25) is 0 Å². The van der Waals surface area contributed by atoms with E-state index in [0.29, 0.717) is 16.6 Å². The molecule has 0 bridgehead atoms. The molecule has 0 aliphatic heterocycles. The molecule has 26 heavy (non-hydrogen) atoms. The largest absolute Gasteiger partial charge is 0.507 e. The highest BCUT2D eigenvalue weighted by Gasteiger charge is 2.06. The van der Waals surface area contributed by atoms with E-state index >= 15 is 0 Å². The van der Waals surface area contributed by atoms with Crippen molar-refractivity contribution < 1.29 is 15.3 Å². The number of aromatic hydroxyl groups is 3. The molecule has 0 amide bonds. The molecule has 1 aromatic heterocycles. The number of para-hydroxylation sites is 3. The monoisotopic (exact) mass is 345 g/mol. The number of phenols is 3. The summed E-state index contributed by atoms with van der Waals surface area (Å²) < 4.78 is 0. The first-order valence-corrected chi connectivity index (χ1v) is 8.18. The molecule has 130 valence electrons. The third-order valence-electron chi connectivity index (χ3n) is 3.94. The Morgan fingerprint density at radius 3 is 1.69 bits per heavy atom. The van der Waals surface area contributed by atoms with Crippen LogP contribution < -0.4 is 0 Å². The molecule has 4 nitrogen and oxygen atoms in total. The summed E-state index contributed by atoms with van der Waals surface area (Å²) in [6.07, 6.45) is 0. The van der Waals surface area contributed by atoms with Crippen LogP contribution in [0.4, 0.5) is 0 Å². The van der Waals surface area contributed by atoms with E-state index in [0.717, 1.165) is 11.1 Å². The lowest BCUT2D eigenvalue weighted by atomic mass is 10.0. The smallest absolute Gasteiger partial charge is 0.141 e. The second kappa shape index (κ2) is 7.57. The standard InChI is InChI=1S/C12H10O2.C10H9NO/c13-11-7-3-1-5-9(11)10-6-2-4-8-12(10)14;1-7-5-6-8-3-2-4-9(12)10(8)11-7/h1-8,13-14H;2-6,12H,1H3. The fraction of sp³-hybridized carbons (Fsp3) is 0.0455. The van der Waals surface area contributed by atoms with E-state index < -0.39 is 0 Å². The zero-order valence-corrected chi connectivity index (χ0v) is 14.3. The lowest BCUT2D eigenvalue weighted by Crippen LogP contribution is -1.82. The highest BCUT2D eigenvalue weighted by atomic mass is 16.3. The van der Waals surface area contributed by atoms with Gasteiger partial charge in [-0.1, -0.05) is 54.6 Å². The molecule has 0 fully saturated rings. The second-order valence-corrected chi connectivity index (χ2v) is 5.84. The molecule has 0 aliphatic carbocycles. The Balaban J connectivity index is 0.000000152. The van der Waals surface area contributed by atoms with Crippen molar-refractivity contribution in [1.82, 2.24) is 4.98 Å². The lowest BCUT2D eigenvalue weighted by molar-refractivity contribution is 0.469. The number of hydrogen-bond donors (Lipinski definition) is 3. The molecule has 0 saturated heterocycles. The van der Waals surface area contributed by atoms with Gasteiger partial charge < -0.3 is 15.3 Å². The van der Waals surface area contributed by atoms with Gasteiger partial charge in [-0.25, -0.2) is 4.98 Å². The molecular formula is C22H19NO3. The quantitative estimate of drug-likeness (QED) is 0.453. The maximum atomic E-state index is 9.58. The number of benzene rings is 3. The summed E-state index contributed by atoms with van der Waals surface area (Å²) in [4.78, 5) is 4.23. The zero-order chi connectivity index (χ0) is 18.5. The number of hydrogen-bond acceptors (Lipinski definition) is 4. The number of aryl methyl sites for hydroxylation is 1. The van der Waals surface area contributed by atoms with Gasteiger partial charge in [0.2, 0.25) is 0 Å². The van der Waals surface area contributed by atoms with E-state index in [1.165, 1.54) is 0 Å². The van der Waals surface area contributed by atoms with Crippen molar-refractivity contribution in [3.8, 4) is 28.4 Å². The minimum absolute atomic E-state index is 0.175. The number of phenolic OH excluding ortho intramolecular Hbond substituents is 3. The Kier molecular flexibility index (Phi) is 5.04. The predicted molar refractivity (Wildman–Crippen MR) is 103 cm³/mol. The Morgan fingerprint density at radius 1 is 0.577 bits per heavy atom. The van der Waals surface area contributed by atoms with Gasteiger partial charge >= 0.3 is 0 Å². The minimum Gasteiger partial charge on any atom is -0.507 e. The maximum Gasteiger partial charge on any atom is 0.141 e. The van der Waals surface area contributed by atoms with Crippen LogP contribution in [0.15, 0.2) is 78.9 Å². The maximum absolute atomic E-state index is 9.58. The van der Waals surface area contributed by atoms with Gasteiger partial charge in [-0.05, 0) is 31.2 Å². The summed E-state index contributed by atoms with van der Waals surface area (Å²) in [5, 5.41) is 29.6. The summed E-state index contributed by atoms with van der Waals surface area (Å²) in [6.45, 7) is 1.91. The molecule has 0 unspecified atom stereocenters. The Morgan fingerprint density at radius 2 is 1.12 bits per heavy atom. The summed E-state index contributed by atoms with van der Waals surface area (Å²) in [6, 6.07) is 23.2. The summed E-state index contributed by atoms with van der Waals surface area (Å²) in [5.74, 6) is 0.596. The molecule has 4 heteroatoms. The van der Waals surface area contributed by atoms with Crippen molar-refractivity contribution in [1.29, 1.82) is 0 Å². The van der Waals surface area contributed by atoms with Gasteiger partial charge in [0.15, 0.2) is 0 Å². The number of fused-ring (bicyclic) bond motifs is 1. The number of rotatable bonds is 1. The predicted octanol–water partition coefficient (Wildman–Crippen LogP) is 5.01. The van der Waals surface area contributed by atoms with Crippen LogP contribution in [0.3, 0.4) is 0 Å². The third-order valence-corrected chi connectivity index (χ3v) is 3.94. The van der Waals surface area contributed by atoms with Gasteiger partial charge in [0.05, 0.1) is 0 Å². The molecule has 4 rings (SSSR count). The highest BCUT2D eigenvalue weighted by molar-refractivity contribution is 5.84. The topological polar surface area (TPSA) is 73.6 Å². The molecule has 4 aromatic rings. The molecule has 3 aromatic carbocycles. The normalized spacial score (nSPS) is 10.2. The Labute approximate surface area is 151 Å². The van der Waals surface area contributed by atoms with Gasteiger partial charge in [0.1, 0.15) is 22.8 Å². The second-order valence-electron chi connectivity index (χ2n) is 5.84. The average Bonchev–Trinajstić information content (AvgIpc) is 2.64. The fourth-order valence-electron chi connectivity index (χ4n) is 2.63. The van der Waals surface area contributed by atoms with Crippen molar-refractivity contribution in [2.24, 2.45) is 0 Å². The average molecular weight is 345 g/mol. The van der Waals surface area contributed by atoms with Crippen LogP contribution in [0.5, 0.6) is 17.2 Å². The first-order valence-electron chi connectivity index (χ1n) is 8.18. The molecule has 0 atom stereocenters. The lowest BCUT2D eigenvalue weighted by Gasteiger charge is -2.05. The first-order chi connectivity index (χ1) is 12.6. The van der Waals surface area contributed by atoms with Crippen LogP contribution in [-0.4, -0.2) is 20.3 Å². The Bertz CT molecular complexity index is 1000. The minimum atomic E-state index is 0.175. The molecule has 3 N–H and O–H groups in total. The SMILES string of the molecule is Cc1ccc2cccc(O)c2n1.Oc1ccccc1-c1ccccc1O. The van der Waals surface area contributed by atoms with Gasteiger partial charge in [0.25, 0.3) is 0 Å². The Hall–Kier alpha value is -3.53. The van der Waals surface area contributed by atoms with E-state index in [-0.39, 0.29) is 17.2 Å². The number of pyridine rings is 1. The van der Waals surface area contributed by atoms with Crippen LogP contribution in [0.1, 0.15) is 5.69 Å². The molecule has 0 spiro atoms. The van der Waals surface area contributed by atoms with Crippen molar-refractivity contribution in [3.05, 3.63) is 84.6 Å². The van der Waals surface area contributed by atoms with Crippen molar-refractivity contribution in [2.45, 2.75) is 6.92 Å². The van der Waals surface area contributed by atoms with Crippen LogP contribution in [0, 0.1) is 6.92 Å². The molecule has 0 radical (unpaired) electrons. The zero-order valence-electron chi connectivity index (χ0n) is 14.3.